The van der Waals surface area contributed by atoms with Crippen molar-refractivity contribution in [3.05, 3.63) is 74.8 Å². The molecule has 0 fully saturated rings. The lowest BCUT2D eigenvalue weighted by Gasteiger charge is -2.12. The summed E-state index contributed by atoms with van der Waals surface area (Å²) in [4.78, 5) is 37.9. The Balaban J connectivity index is 1.81. The molecule has 3 aromatic rings. The van der Waals surface area contributed by atoms with Crippen molar-refractivity contribution in [1.29, 1.82) is 0 Å². The summed E-state index contributed by atoms with van der Waals surface area (Å²) in [6.07, 6.45) is 2.00. The molecule has 0 bridgehead atoms. The zero-order valence-electron chi connectivity index (χ0n) is 14.6. The number of thioether (sulfide) groups is 1. The fourth-order valence-corrected chi connectivity index (χ4v) is 3.16. The topological polar surface area (TPSA) is 73.1 Å². The van der Waals surface area contributed by atoms with E-state index in [4.69, 9.17) is 0 Å². The van der Waals surface area contributed by atoms with Gasteiger partial charge in [-0.05, 0) is 36.1 Å². The summed E-state index contributed by atoms with van der Waals surface area (Å²) in [5.41, 5.74) is 0.781. The monoisotopic (exact) mass is 369 g/mol. The van der Waals surface area contributed by atoms with Gasteiger partial charge in [-0.2, -0.15) is 0 Å². The third-order valence-electron chi connectivity index (χ3n) is 4.22. The third kappa shape index (κ3) is 3.57. The van der Waals surface area contributed by atoms with Crippen LogP contribution in [0, 0.1) is 0 Å². The molecule has 134 valence electrons. The molecule has 7 heteroatoms. The first-order valence-electron chi connectivity index (χ1n) is 8.09. The molecule has 1 heterocycles. The second-order valence-corrected chi connectivity index (χ2v) is 6.75. The van der Waals surface area contributed by atoms with E-state index >= 15 is 0 Å². The Labute approximate surface area is 154 Å². The van der Waals surface area contributed by atoms with Crippen LogP contribution in [0.3, 0.4) is 0 Å². The van der Waals surface area contributed by atoms with E-state index in [0.717, 1.165) is 10.5 Å². The van der Waals surface area contributed by atoms with Gasteiger partial charge in [0.2, 0.25) is 5.91 Å². The summed E-state index contributed by atoms with van der Waals surface area (Å²) in [5, 5.41) is 2.80. The van der Waals surface area contributed by atoms with Crippen LogP contribution in [0.1, 0.15) is 5.56 Å². The Morgan fingerprint density at radius 1 is 1.00 bits per heavy atom. The zero-order valence-corrected chi connectivity index (χ0v) is 15.4. The Morgan fingerprint density at radius 3 is 2.31 bits per heavy atom. The van der Waals surface area contributed by atoms with E-state index in [2.05, 4.69) is 5.32 Å². The molecule has 0 aliphatic carbocycles. The summed E-state index contributed by atoms with van der Waals surface area (Å²) in [6, 6.07) is 14.9. The number of para-hydroxylation sites is 2. The first kappa shape index (κ1) is 18.0. The van der Waals surface area contributed by atoms with Crippen molar-refractivity contribution in [3.63, 3.8) is 0 Å². The van der Waals surface area contributed by atoms with Gasteiger partial charge in [-0.3, -0.25) is 19.0 Å². The van der Waals surface area contributed by atoms with Gasteiger partial charge in [0.15, 0.2) is 0 Å². The number of benzene rings is 2. The lowest BCUT2D eigenvalue weighted by atomic mass is 10.2. The number of aryl methyl sites for hydroxylation is 1. The van der Waals surface area contributed by atoms with E-state index in [1.807, 2.05) is 30.5 Å². The molecule has 0 aliphatic rings. The maximum Gasteiger partial charge on any atom is 0.317 e. The van der Waals surface area contributed by atoms with E-state index in [1.165, 1.54) is 9.13 Å². The minimum atomic E-state index is -0.703. The minimum Gasteiger partial charge on any atom is -0.350 e. The van der Waals surface area contributed by atoms with Crippen LogP contribution in [0.25, 0.3) is 11.0 Å². The predicted octanol–water partition coefficient (Wildman–Crippen LogP) is 1.74. The molecule has 2 aromatic carbocycles. The third-order valence-corrected chi connectivity index (χ3v) is 4.96. The maximum absolute atomic E-state index is 12.3. The molecule has 0 saturated heterocycles. The number of carbonyl (C=O) groups excluding carboxylic acids is 1. The molecule has 0 radical (unpaired) electrons. The van der Waals surface area contributed by atoms with Crippen molar-refractivity contribution in [3.8, 4) is 0 Å². The Hall–Kier alpha value is -2.80. The van der Waals surface area contributed by atoms with E-state index in [9.17, 15) is 14.4 Å². The van der Waals surface area contributed by atoms with Crippen LogP contribution in [-0.2, 0) is 24.9 Å². The normalized spacial score (nSPS) is 10.8. The van der Waals surface area contributed by atoms with Crippen molar-refractivity contribution in [1.82, 2.24) is 14.5 Å². The number of carbonyl (C=O) groups is 1. The Bertz CT molecular complexity index is 1070. The van der Waals surface area contributed by atoms with Crippen LogP contribution in [0.2, 0.25) is 0 Å². The summed E-state index contributed by atoms with van der Waals surface area (Å²) in [5.74, 6) is -0.320. The van der Waals surface area contributed by atoms with Gasteiger partial charge in [0.25, 0.3) is 0 Å². The van der Waals surface area contributed by atoms with Gasteiger partial charge < -0.3 is 9.88 Å². The molecule has 0 spiro atoms. The van der Waals surface area contributed by atoms with Crippen molar-refractivity contribution in [2.24, 2.45) is 7.05 Å². The van der Waals surface area contributed by atoms with Gasteiger partial charge in [0, 0.05) is 18.5 Å². The lowest BCUT2D eigenvalue weighted by molar-refractivity contribution is -0.121. The molecule has 1 aromatic heterocycles. The average Bonchev–Trinajstić information content (AvgIpc) is 2.68. The molecule has 1 amide bonds. The molecule has 3 rings (SSSR count). The SMILES string of the molecule is CSc1ccc(CNC(=O)Cn2c(=O)c(=O)n(C)c3ccccc32)cc1. The van der Waals surface area contributed by atoms with Crippen molar-refractivity contribution in [2.75, 3.05) is 6.26 Å². The lowest BCUT2D eigenvalue weighted by Crippen LogP contribution is -2.43. The van der Waals surface area contributed by atoms with Crippen LogP contribution >= 0.6 is 11.8 Å². The highest BCUT2D eigenvalue weighted by molar-refractivity contribution is 7.98. The zero-order chi connectivity index (χ0) is 18.7. The predicted molar refractivity (Wildman–Crippen MR) is 104 cm³/mol. The van der Waals surface area contributed by atoms with Gasteiger partial charge in [-0.25, -0.2) is 0 Å². The maximum atomic E-state index is 12.3. The summed E-state index contributed by atoms with van der Waals surface area (Å²) >= 11 is 1.65. The van der Waals surface area contributed by atoms with E-state index in [0.29, 0.717) is 17.6 Å². The molecule has 26 heavy (non-hydrogen) atoms. The average molecular weight is 369 g/mol. The van der Waals surface area contributed by atoms with Gasteiger partial charge in [0.1, 0.15) is 6.54 Å². The largest absolute Gasteiger partial charge is 0.350 e. The van der Waals surface area contributed by atoms with Gasteiger partial charge in [-0.1, -0.05) is 24.3 Å². The summed E-state index contributed by atoms with van der Waals surface area (Å²) in [7, 11) is 1.55. The molecule has 0 unspecified atom stereocenters. The Kier molecular flexibility index (Phi) is 5.27. The number of nitrogens with one attached hydrogen (secondary N) is 1. The number of nitrogens with zero attached hydrogens (tertiary/aromatic N) is 2. The molecule has 0 aliphatic heterocycles. The van der Waals surface area contributed by atoms with Gasteiger partial charge >= 0.3 is 11.1 Å². The van der Waals surface area contributed by atoms with Crippen LogP contribution in [0.4, 0.5) is 0 Å². The fraction of sp³-hybridized carbons (Fsp3) is 0.211. The summed E-state index contributed by atoms with van der Waals surface area (Å²) in [6.45, 7) is 0.170. The quantitative estimate of drug-likeness (QED) is 0.549. The van der Waals surface area contributed by atoms with Gasteiger partial charge in [-0.15, -0.1) is 11.8 Å². The minimum absolute atomic E-state index is 0.196. The van der Waals surface area contributed by atoms with E-state index in [-0.39, 0.29) is 12.5 Å². The highest BCUT2D eigenvalue weighted by Crippen LogP contribution is 2.14. The second-order valence-electron chi connectivity index (χ2n) is 5.87. The number of fused-ring (bicyclic) bond motifs is 1. The number of hydrogen-bond acceptors (Lipinski definition) is 4. The van der Waals surface area contributed by atoms with Crippen LogP contribution in [-0.4, -0.2) is 21.3 Å². The number of amides is 1. The van der Waals surface area contributed by atoms with Crippen molar-refractivity contribution < 1.29 is 4.79 Å². The number of aromatic nitrogens is 2. The number of rotatable bonds is 5. The molecule has 0 atom stereocenters. The number of hydrogen-bond donors (Lipinski definition) is 1. The highest BCUT2D eigenvalue weighted by Gasteiger charge is 2.13. The molecular weight excluding hydrogens is 350 g/mol. The molecular formula is C19H19N3O3S. The van der Waals surface area contributed by atoms with Crippen molar-refractivity contribution in [2.45, 2.75) is 18.0 Å². The summed E-state index contributed by atoms with van der Waals surface area (Å²) < 4.78 is 2.53. The van der Waals surface area contributed by atoms with Crippen molar-refractivity contribution >= 4 is 28.7 Å². The highest BCUT2D eigenvalue weighted by atomic mass is 32.2. The van der Waals surface area contributed by atoms with Gasteiger partial charge in [0.05, 0.1) is 11.0 Å². The smallest absolute Gasteiger partial charge is 0.317 e. The first-order valence-corrected chi connectivity index (χ1v) is 9.32. The molecule has 6 nitrogen and oxygen atoms in total. The second kappa shape index (κ2) is 7.61. The van der Waals surface area contributed by atoms with Crippen LogP contribution in [0.15, 0.2) is 63.0 Å². The molecule has 0 saturated carbocycles. The van der Waals surface area contributed by atoms with E-state index in [1.54, 1.807) is 43.1 Å². The van der Waals surface area contributed by atoms with E-state index < -0.39 is 11.1 Å². The fourth-order valence-electron chi connectivity index (χ4n) is 2.75. The first-order chi connectivity index (χ1) is 12.5. The van der Waals surface area contributed by atoms with Crippen LogP contribution < -0.4 is 16.4 Å². The van der Waals surface area contributed by atoms with Crippen LogP contribution in [0.5, 0.6) is 0 Å². The molecule has 1 N–H and O–H groups in total. The standard InChI is InChI=1S/C19H19N3O3S/c1-21-15-5-3-4-6-16(15)22(19(25)18(21)24)12-17(23)20-11-13-7-9-14(26-2)10-8-13/h3-10H,11-12H2,1-2H3,(H,20,23). The Morgan fingerprint density at radius 2 is 1.65 bits per heavy atom.